The number of nitrogens with zero attached hydrogens (tertiary/aromatic N) is 4. The van der Waals surface area contributed by atoms with Crippen LogP contribution < -0.4 is 4.74 Å². The summed E-state index contributed by atoms with van der Waals surface area (Å²) in [6.07, 6.45) is -0.599. The van der Waals surface area contributed by atoms with Crippen LogP contribution in [0, 0.1) is 18.6 Å². The first kappa shape index (κ1) is 23.8. The van der Waals surface area contributed by atoms with E-state index in [2.05, 4.69) is 19.9 Å². The third kappa shape index (κ3) is 5.84. The summed E-state index contributed by atoms with van der Waals surface area (Å²) in [6.45, 7) is 6.52. The van der Waals surface area contributed by atoms with E-state index in [4.69, 9.17) is 9.26 Å². The molecule has 5 rings (SSSR count). The van der Waals surface area contributed by atoms with Crippen LogP contribution in [0.2, 0.25) is 0 Å². The molecule has 35 heavy (non-hydrogen) atoms. The highest BCUT2D eigenvalue weighted by Crippen LogP contribution is 2.26. The van der Waals surface area contributed by atoms with Crippen molar-refractivity contribution in [3.8, 4) is 17.1 Å². The summed E-state index contributed by atoms with van der Waals surface area (Å²) < 4.78 is 39.3. The van der Waals surface area contributed by atoms with Gasteiger partial charge in [0.05, 0.1) is 26.5 Å². The van der Waals surface area contributed by atoms with E-state index in [1.807, 2.05) is 25.1 Å². The third-order valence-electron chi connectivity index (χ3n) is 5.98. The maximum atomic E-state index is 14.0. The van der Waals surface area contributed by atoms with Crippen LogP contribution in [-0.4, -0.2) is 70.5 Å². The second-order valence-corrected chi connectivity index (χ2v) is 9.95. The minimum Gasteiger partial charge on any atom is -0.491 e. The Hall–Kier alpha value is -2.92. The molecule has 1 saturated heterocycles. The Morgan fingerprint density at radius 2 is 1.89 bits per heavy atom. The van der Waals surface area contributed by atoms with Gasteiger partial charge in [-0.3, -0.25) is 9.80 Å². The topological polar surface area (TPSA) is 74.9 Å². The molecule has 2 aromatic heterocycles. The van der Waals surface area contributed by atoms with Gasteiger partial charge in [0.25, 0.3) is 0 Å². The molecule has 0 spiro atoms. The number of β-amino-alcohol motifs (C(OH)–C–C–N with tert-alkyl or cyclic N) is 1. The summed E-state index contributed by atoms with van der Waals surface area (Å²) in [6, 6.07) is 10.9. The fraction of sp³-hybridized carbons (Fsp3) is 0.360. The van der Waals surface area contributed by atoms with E-state index in [1.54, 1.807) is 17.4 Å². The van der Waals surface area contributed by atoms with E-state index in [9.17, 15) is 13.9 Å². The standard InChI is InChI=1S/C25H26F2N4O3S/c1-16-28-23-12-20(3-5-25(23)35-16)33-15-19(32)14-31-8-6-30(7-9-31)13-18-11-24(34-29-18)21-4-2-17(26)10-22(21)27/h2-5,10-12,19,32H,6-9,13-15H2,1H3/t19-/m1/s1. The zero-order valence-corrected chi connectivity index (χ0v) is 20.1. The number of benzene rings is 2. The lowest BCUT2D eigenvalue weighted by Crippen LogP contribution is -2.48. The van der Waals surface area contributed by atoms with Gasteiger partial charge in [-0.25, -0.2) is 13.8 Å². The van der Waals surface area contributed by atoms with E-state index in [0.717, 1.165) is 47.5 Å². The molecular formula is C25H26F2N4O3S. The molecule has 1 atom stereocenters. The van der Waals surface area contributed by atoms with E-state index in [1.165, 1.54) is 12.1 Å². The number of hydrogen-bond donors (Lipinski definition) is 1. The van der Waals surface area contributed by atoms with Crippen molar-refractivity contribution in [2.24, 2.45) is 0 Å². The van der Waals surface area contributed by atoms with Crippen LogP contribution >= 0.6 is 11.3 Å². The minimum atomic E-state index is -0.678. The number of ether oxygens (including phenoxy) is 1. The fourth-order valence-corrected chi connectivity index (χ4v) is 5.02. The van der Waals surface area contributed by atoms with Gasteiger partial charge in [0, 0.05) is 57.5 Å². The molecule has 0 aliphatic carbocycles. The molecule has 1 fully saturated rings. The monoisotopic (exact) mass is 500 g/mol. The molecular weight excluding hydrogens is 474 g/mol. The average molecular weight is 501 g/mol. The molecule has 4 aromatic rings. The Kier molecular flexibility index (Phi) is 7.05. The number of aryl methyl sites for hydroxylation is 1. The Bertz CT molecular complexity index is 1300. The summed E-state index contributed by atoms with van der Waals surface area (Å²) in [7, 11) is 0. The summed E-state index contributed by atoms with van der Waals surface area (Å²) in [5.41, 5.74) is 1.79. The number of halogens is 2. The summed E-state index contributed by atoms with van der Waals surface area (Å²) >= 11 is 1.65. The van der Waals surface area contributed by atoms with Gasteiger partial charge in [-0.05, 0) is 31.2 Å². The molecule has 0 radical (unpaired) electrons. The molecule has 10 heteroatoms. The predicted octanol–water partition coefficient (Wildman–Crippen LogP) is 4.10. The summed E-state index contributed by atoms with van der Waals surface area (Å²) in [4.78, 5) is 8.91. The van der Waals surface area contributed by atoms with Crippen molar-refractivity contribution >= 4 is 21.6 Å². The first-order valence-corrected chi connectivity index (χ1v) is 12.3. The zero-order chi connectivity index (χ0) is 24.4. The molecule has 0 amide bonds. The first-order valence-electron chi connectivity index (χ1n) is 11.5. The number of rotatable bonds is 8. The minimum absolute atomic E-state index is 0.188. The van der Waals surface area contributed by atoms with Gasteiger partial charge in [0.2, 0.25) is 0 Å². The van der Waals surface area contributed by atoms with Crippen LogP contribution in [-0.2, 0) is 6.54 Å². The van der Waals surface area contributed by atoms with E-state index in [-0.39, 0.29) is 17.9 Å². The van der Waals surface area contributed by atoms with Crippen LogP contribution in [0.4, 0.5) is 8.78 Å². The highest BCUT2D eigenvalue weighted by molar-refractivity contribution is 7.18. The third-order valence-corrected chi connectivity index (χ3v) is 6.94. The average Bonchev–Trinajstić information content (AvgIpc) is 3.44. The van der Waals surface area contributed by atoms with Crippen molar-refractivity contribution in [3.63, 3.8) is 0 Å². The van der Waals surface area contributed by atoms with Crippen LogP contribution in [0.1, 0.15) is 10.7 Å². The van der Waals surface area contributed by atoms with Crippen LogP contribution in [0.3, 0.4) is 0 Å². The summed E-state index contributed by atoms with van der Waals surface area (Å²) in [5.74, 6) is -0.321. The highest BCUT2D eigenvalue weighted by Gasteiger charge is 2.21. The molecule has 1 N–H and O–H groups in total. The van der Waals surface area contributed by atoms with Gasteiger partial charge in [-0.1, -0.05) is 5.16 Å². The lowest BCUT2D eigenvalue weighted by Gasteiger charge is -2.35. The maximum Gasteiger partial charge on any atom is 0.170 e. The second kappa shape index (κ2) is 10.4. The normalized spacial score (nSPS) is 16.1. The number of aliphatic hydroxyl groups excluding tert-OH is 1. The van der Waals surface area contributed by atoms with Crippen molar-refractivity contribution in [1.82, 2.24) is 19.9 Å². The molecule has 1 aliphatic heterocycles. The van der Waals surface area contributed by atoms with Gasteiger partial charge in [0.1, 0.15) is 30.1 Å². The number of hydrogen-bond acceptors (Lipinski definition) is 8. The number of fused-ring (bicyclic) bond motifs is 1. The van der Waals surface area contributed by atoms with Crippen molar-refractivity contribution < 1.29 is 23.1 Å². The van der Waals surface area contributed by atoms with E-state index < -0.39 is 17.7 Å². The van der Waals surface area contributed by atoms with Crippen molar-refractivity contribution in [3.05, 3.63) is 64.8 Å². The van der Waals surface area contributed by atoms with Crippen molar-refractivity contribution in [1.29, 1.82) is 0 Å². The first-order chi connectivity index (χ1) is 16.9. The van der Waals surface area contributed by atoms with Gasteiger partial charge < -0.3 is 14.4 Å². The SMILES string of the molecule is Cc1nc2cc(OC[C@H](O)CN3CCN(Cc4cc(-c5ccc(F)cc5F)on4)CC3)ccc2s1. The Morgan fingerprint density at radius 1 is 1.09 bits per heavy atom. The van der Waals surface area contributed by atoms with Gasteiger partial charge in [-0.15, -0.1) is 11.3 Å². The smallest absolute Gasteiger partial charge is 0.170 e. The lowest BCUT2D eigenvalue weighted by atomic mass is 10.1. The zero-order valence-electron chi connectivity index (χ0n) is 19.3. The lowest BCUT2D eigenvalue weighted by molar-refractivity contribution is 0.0442. The maximum absolute atomic E-state index is 14.0. The highest BCUT2D eigenvalue weighted by atomic mass is 32.1. The number of aliphatic hydroxyl groups is 1. The molecule has 2 aromatic carbocycles. The van der Waals surface area contributed by atoms with Gasteiger partial charge in [-0.2, -0.15) is 0 Å². The molecule has 0 bridgehead atoms. The quantitative estimate of drug-likeness (QED) is 0.391. The Balaban J connectivity index is 1.07. The van der Waals surface area contributed by atoms with Crippen LogP contribution in [0.15, 0.2) is 47.0 Å². The molecule has 7 nitrogen and oxygen atoms in total. The molecule has 0 saturated carbocycles. The number of aromatic nitrogens is 2. The Morgan fingerprint density at radius 3 is 2.69 bits per heavy atom. The van der Waals surface area contributed by atoms with Crippen LogP contribution in [0.5, 0.6) is 5.75 Å². The molecule has 1 aliphatic rings. The number of thiazole rings is 1. The van der Waals surface area contributed by atoms with Crippen molar-refractivity contribution in [2.75, 3.05) is 39.3 Å². The largest absolute Gasteiger partial charge is 0.491 e. The van der Waals surface area contributed by atoms with Crippen molar-refractivity contribution in [2.45, 2.75) is 19.6 Å². The van der Waals surface area contributed by atoms with E-state index >= 15 is 0 Å². The van der Waals surface area contributed by atoms with Gasteiger partial charge >= 0.3 is 0 Å². The molecule has 184 valence electrons. The predicted molar refractivity (Wildman–Crippen MR) is 129 cm³/mol. The Labute approximate surface area is 205 Å². The second-order valence-electron chi connectivity index (χ2n) is 8.71. The molecule has 3 heterocycles. The molecule has 0 unspecified atom stereocenters. The van der Waals surface area contributed by atoms with Crippen LogP contribution in [0.25, 0.3) is 21.5 Å². The van der Waals surface area contributed by atoms with Gasteiger partial charge in [0.15, 0.2) is 5.76 Å². The fourth-order valence-electron chi connectivity index (χ4n) is 4.22. The number of piperazine rings is 1. The summed E-state index contributed by atoms with van der Waals surface area (Å²) in [5, 5.41) is 15.5. The van der Waals surface area contributed by atoms with E-state index in [0.29, 0.717) is 24.5 Å².